The maximum Gasteiger partial charge on any atom is 0.303 e. The minimum atomic E-state index is -0.839. The molecule has 0 heterocycles. The molecular formula is C15H18ClNO3. The van der Waals surface area contributed by atoms with Gasteiger partial charge in [-0.1, -0.05) is 23.7 Å². The fraction of sp³-hybridized carbons (Fsp3) is 0.467. The van der Waals surface area contributed by atoms with Crippen molar-refractivity contribution in [2.24, 2.45) is 5.92 Å². The number of benzene rings is 1. The van der Waals surface area contributed by atoms with Crippen molar-refractivity contribution in [3.05, 3.63) is 34.9 Å². The van der Waals surface area contributed by atoms with Gasteiger partial charge in [-0.2, -0.15) is 0 Å². The van der Waals surface area contributed by atoms with E-state index in [-0.39, 0.29) is 30.2 Å². The van der Waals surface area contributed by atoms with Gasteiger partial charge in [0.05, 0.1) is 0 Å². The molecule has 0 aromatic heterocycles. The highest BCUT2D eigenvalue weighted by atomic mass is 35.5. The average Bonchev–Trinajstić information content (AvgIpc) is 3.16. The molecule has 1 aliphatic carbocycles. The Balaban J connectivity index is 1.82. The zero-order valence-corrected chi connectivity index (χ0v) is 12.1. The molecule has 0 bridgehead atoms. The van der Waals surface area contributed by atoms with E-state index < -0.39 is 5.97 Å². The maximum absolute atomic E-state index is 12.0. The molecule has 0 spiro atoms. The Morgan fingerprint density at radius 3 is 2.90 bits per heavy atom. The molecule has 1 saturated carbocycles. The molecule has 1 aromatic rings. The lowest BCUT2D eigenvalue weighted by atomic mass is 10.1. The molecule has 0 saturated heterocycles. The molecular weight excluding hydrogens is 278 g/mol. The van der Waals surface area contributed by atoms with Crippen molar-refractivity contribution < 1.29 is 14.7 Å². The summed E-state index contributed by atoms with van der Waals surface area (Å²) in [5, 5.41) is 12.2. The number of hydrogen-bond donors (Lipinski definition) is 2. The number of nitrogens with one attached hydrogen (secondary N) is 1. The molecule has 2 rings (SSSR count). The van der Waals surface area contributed by atoms with Gasteiger partial charge in [-0.15, -0.1) is 0 Å². The molecule has 0 aliphatic heterocycles. The van der Waals surface area contributed by atoms with Crippen LogP contribution in [0.1, 0.15) is 37.7 Å². The van der Waals surface area contributed by atoms with Crippen LogP contribution in [0.15, 0.2) is 24.3 Å². The van der Waals surface area contributed by atoms with Crippen molar-refractivity contribution in [1.82, 2.24) is 5.32 Å². The van der Waals surface area contributed by atoms with Gasteiger partial charge >= 0.3 is 5.97 Å². The van der Waals surface area contributed by atoms with Gasteiger partial charge in [0, 0.05) is 23.4 Å². The Kier molecular flexibility index (Phi) is 4.65. The Labute approximate surface area is 123 Å². The first-order chi connectivity index (χ1) is 9.47. The Morgan fingerprint density at radius 2 is 2.25 bits per heavy atom. The summed E-state index contributed by atoms with van der Waals surface area (Å²) in [5.41, 5.74) is 1.09. The second-order valence-corrected chi connectivity index (χ2v) is 5.78. The van der Waals surface area contributed by atoms with Crippen LogP contribution in [0.3, 0.4) is 0 Å². The number of carboxylic acids is 1. The topological polar surface area (TPSA) is 66.4 Å². The van der Waals surface area contributed by atoms with Crippen LogP contribution in [0.5, 0.6) is 0 Å². The predicted octanol–water partition coefficient (Wildman–Crippen LogP) is 2.81. The minimum absolute atomic E-state index is 0.00728. The third-order valence-electron chi connectivity index (χ3n) is 3.58. The van der Waals surface area contributed by atoms with Gasteiger partial charge in [-0.05, 0) is 43.4 Å². The van der Waals surface area contributed by atoms with E-state index in [0.717, 1.165) is 12.0 Å². The van der Waals surface area contributed by atoms with Crippen molar-refractivity contribution in [3.63, 3.8) is 0 Å². The molecule has 1 aliphatic rings. The van der Waals surface area contributed by atoms with Crippen molar-refractivity contribution in [1.29, 1.82) is 0 Å². The summed E-state index contributed by atoms with van der Waals surface area (Å²) >= 11 is 5.94. The fourth-order valence-electron chi connectivity index (χ4n) is 2.35. The number of amides is 1. The van der Waals surface area contributed by atoms with Crippen molar-refractivity contribution in [2.45, 2.75) is 38.1 Å². The third-order valence-corrected chi connectivity index (χ3v) is 3.82. The number of rotatable bonds is 6. The van der Waals surface area contributed by atoms with E-state index in [0.29, 0.717) is 11.4 Å². The molecule has 5 heteroatoms. The Hall–Kier alpha value is -1.55. The van der Waals surface area contributed by atoms with Gasteiger partial charge in [-0.3, -0.25) is 9.59 Å². The van der Waals surface area contributed by atoms with E-state index >= 15 is 0 Å². The highest BCUT2D eigenvalue weighted by Gasteiger charge is 2.44. The maximum atomic E-state index is 12.0. The summed E-state index contributed by atoms with van der Waals surface area (Å²) in [7, 11) is 0. The number of hydrogen-bond acceptors (Lipinski definition) is 2. The summed E-state index contributed by atoms with van der Waals surface area (Å²) in [4.78, 5) is 22.5. The SMILES string of the molecule is C[C@H](CCC(=O)O)NC(=O)[C@@H]1C[C@H]1c1cccc(Cl)c1. The summed E-state index contributed by atoms with van der Waals surface area (Å²) in [6.45, 7) is 1.83. The van der Waals surface area contributed by atoms with Gasteiger partial charge in [0.2, 0.25) is 5.91 Å². The molecule has 4 nitrogen and oxygen atoms in total. The number of carbonyl (C=O) groups is 2. The first kappa shape index (κ1) is 14.9. The van der Waals surface area contributed by atoms with Gasteiger partial charge < -0.3 is 10.4 Å². The summed E-state index contributed by atoms with van der Waals surface area (Å²) in [6, 6.07) is 7.47. The zero-order valence-electron chi connectivity index (χ0n) is 11.3. The number of halogens is 1. The van der Waals surface area contributed by atoms with Crippen LogP contribution < -0.4 is 5.32 Å². The standard InChI is InChI=1S/C15H18ClNO3/c1-9(5-6-14(18)19)17-15(20)13-8-12(13)10-3-2-4-11(16)7-10/h2-4,7,9,12-13H,5-6,8H2,1H3,(H,17,20)(H,18,19)/t9-,12+,13-/m1/s1. The second kappa shape index (κ2) is 6.27. The highest BCUT2D eigenvalue weighted by Crippen LogP contribution is 2.48. The van der Waals surface area contributed by atoms with Crippen LogP contribution in [-0.4, -0.2) is 23.0 Å². The number of carboxylic acid groups (broad SMARTS) is 1. The van der Waals surface area contributed by atoms with E-state index in [1.165, 1.54) is 0 Å². The normalized spacial score (nSPS) is 22.1. The van der Waals surface area contributed by atoms with Crippen molar-refractivity contribution >= 4 is 23.5 Å². The van der Waals surface area contributed by atoms with E-state index in [4.69, 9.17) is 16.7 Å². The molecule has 0 radical (unpaired) electrons. The monoisotopic (exact) mass is 295 g/mol. The summed E-state index contributed by atoms with van der Waals surface area (Å²) < 4.78 is 0. The van der Waals surface area contributed by atoms with Gasteiger partial charge in [0.1, 0.15) is 0 Å². The molecule has 1 fully saturated rings. The third kappa shape index (κ3) is 3.97. The molecule has 1 amide bonds. The lowest BCUT2D eigenvalue weighted by Crippen LogP contribution is -2.34. The Bertz CT molecular complexity index is 518. The second-order valence-electron chi connectivity index (χ2n) is 5.35. The summed E-state index contributed by atoms with van der Waals surface area (Å²) in [6.07, 6.45) is 1.36. The van der Waals surface area contributed by atoms with E-state index in [2.05, 4.69) is 5.32 Å². The number of carbonyl (C=O) groups excluding carboxylic acids is 1. The zero-order chi connectivity index (χ0) is 14.7. The first-order valence-electron chi connectivity index (χ1n) is 6.75. The minimum Gasteiger partial charge on any atom is -0.481 e. The number of aliphatic carboxylic acids is 1. The van der Waals surface area contributed by atoms with E-state index in [9.17, 15) is 9.59 Å². The molecule has 20 heavy (non-hydrogen) atoms. The smallest absolute Gasteiger partial charge is 0.303 e. The molecule has 108 valence electrons. The van der Waals surface area contributed by atoms with Crippen LogP contribution in [0.25, 0.3) is 0 Å². The lowest BCUT2D eigenvalue weighted by molar-refractivity contribution is -0.137. The fourth-order valence-corrected chi connectivity index (χ4v) is 2.55. The lowest BCUT2D eigenvalue weighted by Gasteiger charge is -2.12. The van der Waals surface area contributed by atoms with Gasteiger partial charge in [0.25, 0.3) is 0 Å². The quantitative estimate of drug-likeness (QED) is 0.848. The van der Waals surface area contributed by atoms with Gasteiger partial charge in [-0.25, -0.2) is 0 Å². The largest absolute Gasteiger partial charge is 0.481 e. The molecule has 1 aromatic carbocycles. The van der Waals surface area contributed by atoms with Crippen LogP contribution >= 0.6 is 11.6 Å². The van der Waals surface area contributed by atoms with E-state index in [1.807, 2.05) is 31.2 Å². The highest BCUT2D eigenvalue weighted by molar-refractivity contribution is 6.30. The van der Waals surface area contributed by atoms with Crippen molar-refractivity contribution in [2.75, 3.05) is 0 Å². The summed E-state index contributed by atoms with van der Waals surface area (Å²) in [5.74, 6) is -0.608. The van der Waals surface area contributed by atoms with Crippen molar-refractivity contribution in [3.8, 4) is 0 Å². The predicted molar refractivity (Wildman–Crippen MR) is 76.8 cm³/mol. The van der Waals surface area contributed by atoms with Gasteiger partial charge in [0.15, 0.2) is 0 Å². The molecule has 0 unspecified atom stereocenters. The van der Waals surface area contributed by atoms with Crippen LogP contribution in [0, 0.1) is 5.92 Å². The van der Waals surface area contributed by atoms with Crippen LogP contribution in [0.2, 0.25) is 5.02 Å². The van der Waals surface area contributed by atoms with Crippen LogP contribution in [-0.2, 0) is 9.59 Å². The average molecular weight is 296 g/mol. The first-order valence-corrected chi connectivity index (χ1v) is 7.13. The van der Waals surface area contributed by atoms with E-state index in [1.54, 1.807) is 0 Å². The molecule has 3 atom stereocenters. The Morgan fingerprint density at radius 1 is 1.50 bits per heavy atom. The van der Waals surface area contributed by atoms with Crippen LogP contribution in [0.4, 0.5) is 0 Å². The molecule has 2 N–H and O–H groups in total.